The molecule has 0 saturated heterocycles. The minimum absolute atomic E-state index is 0.0527. The maximum Gasteiger partial charge on any atom is 0.252 e. The van der Waals surface area contributed by atoms with E-state index in [0.29, 0.717) is 38.1 Å². The van der Waals surface area contributed by atoms with Gasteiger partial charge in [0.1, 0.15) is 5.75 Å². The van der Waals surface area contributed by atoms with Gasteiger partial charge in [-0.15, -0.1) is 0 Å². The second kappa shape index (κ2) is 10.1. The van der Waals surface area contributed by atoms with Crippen molar-refractivity contribution >= 4 is 11.8 Å². The van der Waals surface area contributed by atoms with Crippen LogP contribution in [0.25, 0.3) is 0 Å². The fraction of sp³-hybridized carbons (Fsp3) is 0.316. The number of aromatic nitrogens is 1. The Balaban J connectivity index is 1.52. The molecule has 2 aromatic rings. The van der Waals surface area contributed by atoms with Crippen molar-refractivity contribution in [3.05, 3.63) is 59.9 Å². The van der Waals surface area contributed by atoms with Crippen molar-refractivity contribution in [3.8, 4) is 5.75 Å². The number of nitrogens with zero attached hydrogens (tertiary/aromatic N) is 1. The van der Waals surface area contributed by atoms with E-state index >= 15 is 0 Å². The van der Waals surface area contributed by atoms with Crippen molar-refractivity contribution in [2.45, 2.75) is 19.8 Å². The number of nitrogens with one attached hydrogen (secondary N) is 2. The number of hydrogen-bond donors (Lipinski definition) is 2. The number of pyridine rings is 1. The van der Waals surface area contributed by atoms with Crippen LogP contribution in [0.15, 0.2) is 48.8 Å². The van der Waals surface area contributed by atoms with Crippen LogP contribution in [0.1, 0.15) is 28.8 Å². The summed E-state index contributed by atoms with van der Waals surface area (Å²) in [6.45, 7) is 3.28. The molecule has 0 atom stereocenters. The monoisotopic (exact) mass is 341 g/mol. The van der Waals surface area contributed by atoms with Gasteiger partial charge in [0.05, 0.1) is 12.2 Å². The highest BCUT2D eigenvalue weighted by atomic mass is 16.5. The van der Waals surface area contributed by atoms with Gasteiger partial charge in [0.15, 0.2) is 0 Å². The molecule has 132 valence electrons. The van der Waals surface area contributed by atoms with Gasteiger partial charge in [-0.1, -0.05) is 17.7 Å². The quantitative estimate of drug-likeness (QED) is 0.685. The highest BCUT2D eigenvalue weighted by Crippen LogP contribution is 2.11. The third kappa shape index (κ3) is 7.03. The number of amides is 2. The number of carbonyl (C=O) groups excluding carboxylic acids is 2. The van der Waals surface area contributed by atoms with Gasteiger partial charge in [0.2, 0.25) is 5.91 Å². The Morgan fingerprint density at radius 2 is 1.84 bits per heavy atom. The summed E-state index contributed by atoms with van der Waals surface area (Å²) in [5, 5.41) is 5.50. The third-order valence-electron chi connectivity index (χ3n) is 3.49. The summed E-state index contributed by atoms with van der Waals surface area (Å²) in [4.78, 5) is 27.4. The molecule has 1 aromatic heterocycles. The van der Waals surface area contributed by atoms with Crippen LogP contribution in [0.2, 0.25) is 0 Å². The molecule has 1 aromatic carbocycles. The van der Waals surface area contributed by atoms with Gasteiger partial charge in [-0.25, -0.2) is 0 Å². The van der Waals surface area contributed by atoms with Crippen LogP contribution in [-0.4, -0.2) is 36.5 Å². The number of hydrogen-bond acceptors (Lipinski definition) is 4. The second-order valence-electron chi connectivity index (χ2n) is 5.61. The molecule has 2 N–H and O–H groups in total. The molecular weight excluding hydrogens is 318 g/mol. The molecule has 0 spiro atoms. The predicted molar refractivity (Wildman–Crippen MR) is 95.5 cm³/mol. The van der Waals surface area contributed by atoms with E-state index < -0.39 is 0 Å². The van der Waals surface area contributed by atoms with Gasteiger partial charge >= 0.3 is 0 Å². The molecule has 0 unspecified atom stereocenters. The fourth-order valence-electron chi connectivity index (χ4n) is 2.12. The summed E-state index contributed by atoms with van der Waals surface area (Å²) >= 11 is 0. The highest BCUT2D eigenvalue weighted by molar-refractivity contribution is 5.93. The first-order chi connectivity index (χ1) is 12.1. The predicted octanol–water partition coefficient (Wildman–Crippen LogP) is 2.10. The second-order valence-corrected chi connectivity index (χ2v) is 5.61. The molecule has 0 aliphatic rings. The lowest BCUT2D eigenvalue weighted by atomic mass is 10.2. The lowest BCUT2D eigenvalue weighted by Gasteiger charge is -2.08. The normalized spacial score (nSPS) is 10.1. The first-order valence-corrected chi connectivity index (χ1v) is 8.29. The SMILES string of the molecule is Cc1ccc(OCCCC(=O)NCCNC(=O)c2cccnc2)cc1. The molecular formula is C19H23N3O3. The van der Waals surface area contributed by atoms with Crippen LogP contribution < -0.4 is 15.4 Å². The van der Waals surface area contributed by atoms with E-state index in [2.05, 4.69) is 15.6 Å². The van der Waals surface area contributed by atoms with Crippen molar-refractivity contribution in [2.75, 3.05) is 19.7 Å². The zero-order valence-electron chi connectivity index (χ0n) is 14.3. The molecule has 0 bridgehead atoms. The summed E-state index contributed by atoms with van der Waals surface area (Å²) in [5.74, 6) is 0.557. The molecule has 25 heavy (non-hydrogen) atoms. The topological polar surface area (TPSA) is 80.3 Å². The van der Waals surface area contributed by atoms with Gasteiger partial charge in [-0.05, 0) is 37.6 Å². The third-order valence-corrected chi connectivity index (χ3v) is 3.49. The van der Waals surface area contributed by atoms with Crippen molar-refractivity contribution in [2.24, 2.45) is 0 Å². The molecule has 0 aliphatic heterocycles. The zero-order valence-corrected chi connectivity index (χ0v) is 14.3. The van der Waals surface area contributed by atoms with Gasteiger partial charge < -0.3 is 15.4 Å². The maximum atomic E-state index is 11.8. The minimum atomic E-state index is -0.200. The van der Waals surface area contributed by atoms with E-state index in [4.69, 9.17) is 4.74 Å². The standard InChI is InChI=1S/C19H23N3O3/c1-15-6-8-17(9-7-15)25-13-3-5-18(23)21-11-12-22-19(24)16-4-2-10-20-14-16/h2,4,6-10,14H,3,5,11-13H2,1H3,(H,21,23)(H,22,24). The Labute approximate surface area is 147 Å². The van der Waals surface area contributed by atoms with E-state index in [-0.39, 0.29) is 11.8 Å². The summed E-state index contributed by atoms with van der Waals surface area (Å²) in [6, 6.07) is 11.2. The van der Waals surface area contributed by atoms with E-state index in [1.807, 2.05) is 31.2 Å². The van der Waals surface area contributed by atoms with Crippen LogP contribution in [0.3, 0.4) is 0 Å². The molecule has 0 aliphatic carbocycles. The lowest BCUT2D eigenvalue weighted by Crippen LogP contribution is -2.34. The lowest BCUT2D eigenvalue weighted by molar-refractivity contribution is -0.121. The van der Waals surface area contributed by atoms with Gasteiger partial charge in [0.25, 0.3) is 5.91 Å². The Morgan fingerprint density at radius 1 is 1.08 bits per heavy atom. The summed E-state index contributed by atoms with van der Waals surface area (Å²) < 4.78 is 5.57. The van der Waals surface area contributed by atoms with E-state index in [1.54, 1.807) is 18.3 Å². The molecule has 1 heterocycles. The molecule has 2 amide bonds. The number of rotatable bonds is 9. The van der Waals surface area contributed by atoms with Crippen LogP contribution in [-0.2, 0) is 4.79 Å². The molecule has 0 fully saturated rings. The minimum Gasteiger partial charge on any atom is -0.494 e. The molecule has 6 heteroatoms. The Hall–Kier alpha value is -2.89. The van der Waals surface area contributed by atoms with Crippen molar-refractivity contribution in [1.29, 1.82) is 0 Å². The largest absolute Gasteiger partial charge is 0.494 e. The Morgan fingerprint density at radius 3 is 2.56 bits per heavy atom. The molecule has 0 radical (unpaired) electrons. The van der Waals surface area contributed by atoms with Crippen molar-refractivity contribution in [3.63, 3.8) is 0 Å². The summed E-state index contributed by atoms with van der Waals surface area (Å²) in [5.41, 5.74) is 1.68. The van der Waals surface area contributed by atoms with Gasteiger partial charge in [-0.2, -0.15) is 0 Å². The number of ether oxygens (including phenoxy) is 1. The maximum absolute atomic E-state index is 11.8. The average Bonchev–Trinajstić information content (AvgIpc) is 2.64. The first-order valence-electron chi connectivity index (χ1n) is 8.29. The number of aryl methyl sites for hydroxylation is 1. The van der Waals surface area contributed by atoms with Crippen LogP contribution in [0, 0.1) is 6.92 Å². The van der Waals surface area contributed by atoms with Crippen LogP contribution in [0.5, 0.6) is 5.75 Å². The summed E-state index contributed by atoms with van der Waals surface area (Å²) in [7, 11) is 0. The number of benzene rings is 1. The van der Waals surface area contributed by atoms with Gasteiger partial charge in [-0.3, -0.25) is 14.6 Å². The highest BCUT2D eigenvalue weighted by Gasteiger charge is 2.05. The first kappa shape index (κ1) is 18.4. The smallest absolute Gasteiger partial charge is 0.252 e. The van der Waals surface area contributed by atoms with E-state index in [0.717, 1.165) is 5.75 Å². The Bertz CT molecular complexity index is 672. The van der Waals surface area contributed by atoms with Crippen LogP contribution >= 0.6 is 0 Å². The van der Waals surface area contributed by atoms with Gasteiger partial charge in [0, 0.05) is 31.9 Å². The van der Waals surface area contributed by atoms with E-state index in [9.17, 15) is 9.59 Å². The summed E-state index contributed by atoms with van der Waals surface area (Å²) in [6.07, 6.45) is 4.14. The van der Waals surface area contributed by atoms with Crippen molar-refractivity contribution < 1.29 is 14.3 Å². The fourth-order valence-corrected chi connectivity index (χ4v) is 2.12. The van der Waals surface area contributed by atoms with Crippen molar-refractivity contribution in [1.82, 2.24) is 15.6 Å². The molecule has 2 rings (SSSR count). The molecule has 6 nitrogen and oxygen atoms in total. The zero-order chi connectivity index (χ0) is 17.9. The Kier molecular flexibility index (Phi) is 7.43. The van der Waals surface area contributed by atoms with Crippen LogP contribution in [0.4, 0.5) is 0 Å². The molecule has 0 saturated carbocycles. The number of carbonyl (C=O) groups is 2. The van der Waals surface area contributed by atoms with E-state index in [1.165, 1.54) is 11.8 Å². The average molecular weight is 341 g/mol.